The van der Waals surface area contributed by atoms with Crippen molar-refractivity contribution in [3.63, 3.8) is 0 Å². The fourth-order valence-electron chi connectivity index (χ4n) is 2.21. The van der Waals surface area contributed by atoms with Gasteiger partial charge in [-0.15, -0.1) is 0 Å². The molecular formula is C16H22N4OS2. The highest BCUT2D eigenvalue weighted by molar-refractivity contribution is 7.80. The summed E-state index contributed by atoms with van der Waals surface area (Å²) < 4.78 is 5.40. The fraction of sp³-hybridized carbons (Fsp3) is 0.375. The lowest BCUT2D eigenvalue weighted by Crippen LogP contribution is -2.50. The van der Waals surface area contributed by atoms with Gasteiger partial charge in [-0.05, 0) is 74.9 Å². The predicted molar refractivity (Wildman–Crippen MR) is 103 cm³/mol. The van der Waals surface area contributed by atoms with Crippen molar-refractivity contribution in [2.45, 2.75) is 32.2 Å². The first-order chi connectivity index (χ1) is 11.2. The number of hydrogen-bond acceptors (Lipinski definition) is 3. The average molecular weight is 351 g/mol. The molecule has 0 unspecified atom stereocenters. The molecule has 0 aromatic heterocycles. The van der Waals surface area contributed by atoms with Crippen LogP contribution >= 0.6 is 24.4 Å². The van der Waals surface area contributed by atoms with E-state index in [2.05, 4.69) is 33.6 Å². The van der Waals surface area contributed by atoms with Gasteiger partial charge >= 0.3 is 0 Å². The maximum Gasteiger partial charge on any atom is 0.189 e. The van der Waals surface area contributed by atoms with E-state index in [-0.39, 0.29) is 6.04 Å². The molecular weight excluding hydrogens is 328 g/mol. The Morgan fingerprint density at radius 1 is 1.17 bits per heavy atom. The summed E-state index contributed by atoms with van der Waals surface area (Å²) in [5.41, 5.74) is 6.64. The molecule has 1 aromatic rings. The molecule has 0 bridgehead atoms. The second kappa shape index (κ2) is 9.32. The van der Waals surface area contributed by atoms with Gasteiger partial charge in [0.05, 0.1) is 6.61 Å². The van der Waals surface area contributed by atoms with Crippen LogP contribution in [0.15, 0.2) is 36.4 Å². The number of allylic oxidation sites excluding steroid dienone is 1. The lowest BCUT2D eigenvalue weighted by atomic mass is 10.0. The van der Waals surface area contributed by atoms with Gasteiger partial charge in [-0.1, -0.05) is 12.2 Å². The van der Waals surface area contributed by atoms with Crippen molar-refractivity contribution in [1.82, 2.24) is 16.2 Å². The number of anilines is 1. The minimum Gasteiger partial charge on any atom is -0.494 e. The number of ether oxygens (including phenoxy) is 1. The van der Waals surface area contributed by atoms with Crippen molar-refractivity contribution >= 4 is 40.3 Å². The third kappa shape index (κ3) is 6.42. The number of hydrogen-bond donors (Lipinski definition) is 4. The van der Waals surface area contributed by atoms with Crippen molar-refractivity contribution in [1.29, 1.82) is 0 Å². The Hall–Kier alpha value is -1.86. The maximum absolute atomic E-state index is 5.40. The minimum absolute atomic E-state index is 0.290. The highest BCUT2D eigenvalue weighted by Crippen LogP contribution is 2.15. The van der Waals surface area contributed by atoms with E-state index in [1.54, 1.807) is 0 Å². The maximum atomic E-state index is 5.40. The molecule has 0 saturated carbocycles. The highest BCUT2D eigenvalue weighted by Gasteiger charge is 2.09. The number of nitrogens with one attached hydrogen (secondary N) is 4. The monoisotopic (exact) mass is 350 g/mol. The first-order valence-electron chi connectivity index (χ1n) is 7.70. The summed E-state index contributed by atoms with van der Waals surface area (Å²) in [4.78, 5) is 0. The Balaban J connectivity index is 1.70. The Bertz CT molecular complexity index is 560. The van der Waals surface area contributed by atoms with Crippen molar-refractivity contribution in [3.8, 4) is 5.75 Å². The molecule has 0 fully saturated rings. The molecule has 1 aromatic carbocycles. The molecule has 2 rings (SSSR count). The molecule has 0 saturated heterocycles. The van der Waals surface area contributed by atoms with Gasteiger partial charge in [0, 0.05) is 11.7 Å². The molecule has 0 heterocycles. The molecule has 1 aliphatic carbocycles. The van der Waals surface area contributed by atoms with Crippen LogP contribution in [0.3, 0.4) is 0 Å². The Morgan fingerprint density at radius 3 is 2.57 bits per heavy atom. The molecule has 4 N–H and O–H groups in total. The van der Waals surface area contributed by atoms with E-state index in [1.807, 2.05) is 31.2 Å². The van der Waals surface area contributed by atoms with E-state index in [4.69, 9.17) is 29.2 Å². The minimum atomic E-state index is 0.290. The van der Waals surface area contributed by atoms with Crippen LogP contribution in [0.2, 0.25) is 0 Å². The molecule has 23 heavy (non-hydrogen) atoms. The largest absolute Gasteiger partial charge is 0.494 e. The second-order valence-corrected chi connectivity index (χ2v) is 5.92. The van der Waals surface area contributed by atoms with Crippen LogP contribution in [-0.2, 0) is 0 Å². The van der Waals surface area contributed by atoms with Crippen molar-refractivity contribution < 1.29 is 4.74 Å². The lowest BCUT2D eigenvalue weighted by Gasteiger charge is -2.21. The summed E-state index contributed by atoms with van der Waals surface area (Å²) in [6.07, 6.45) is 7.74. The molecule has 1 atom stereocenters. The van der Waals surface area contributed by atoms with Gasteiger partial charge in [-0.3, -0.25) is 10.9 Å². The Labute approximate surface area is 147 Å². The van der Waals surface area contributed by atoms with E-state index in [1.165, 1.54) is 6.42 Å². The van der Waals surface area contributed by atoms with Gasteiger partial charge in [0.15, 0.2) is 10.2 Å². The Kier molecular flexibility index (Phi) is 7.09. The van der Waals surface area contributed by atoms with Crippen molar-refractivity contribution in [2.24, 2.45) is 0 Å². The van der Waals surface area contributed by atoms with Crippen LogP contribution in [0.4, 0.5) is 5.69 Å². The van der Waals surface area contributed by atoms with Gasteiger partial charge in [-0.25, -0.2) is 0 Å². The van der Waals surface area contributed by atoms with E-state index in [9.17, 15) is 0 Å². The average Bonchev–Trinajstić information content (AvgIpc) is 2.56. The summed E-state index contributed by atoms with van der Waals surface area (Å²) >= 11 is 10.5. The van der Waals surface area contributed by atoms with Crippen LogP contribution in [0.25, 0.3) is 0 Å². The number of rotatable bonds is 4. The lowest BCUT2D eigenvalue weighted by molar-refractivity contribution is 0.340. The molecule has 0 spiro atoms. The quantitative estimate of drug-likeness (QED) is 0.378. The smallest absolute Gasteiger partial charge is 0.189 e. The number of hydrazine groups is 1. The zero-order valence-electron chi connectivity index (χ0n) is 13.1. The molecule has 0 amide bonds. The van der Waals surface area contributed by atoms with Crippen molar-refractivity contribution in [3.05, 3.63) is 36.4 Å². The molecule has 5 nitrogen and oxygen atoms in total. The third-order valence-electron chi connectivity index (χ3n) is 3.28. The molecule has 124 valence electrons. The predicted octanol–water partition coefficient (Wildman–Crippen LogP) is 2.86. The van der Waals surface area contributed by atoms with Crippen LogP contribution in [-0.4, -0.2) is 22.9 Å². The van der Waals surface area contributed by atoms with E-state index in [0.717, 1.165) is 24.3 Å². The number of thiocarbonyl (C=S) groups is 2. The molecule has 7 heteroatoms. The standard InChI is InChI=1S/C16H22N4OS2/c1-2-21-14-10-8-13(9-11-14)18-16(23)20-19-15(22)17-12-6-4-3-5-7-12/h4,6,8-12H,2-3,5,7H2,1H3,(H2,17,19,22)(H2,18,20,23)/t12-/m0/s1. The summed E-state index contributed by atoms with van der Waals surface area (Å²) in [5, 5.41) is 7.27. The van der Waals surface area contributed by atoms with Crippen LogP contribution < -0.4 is 26.2 Å². The van der Waals surface area contributed by atoms with Gasteiger partial charge < -0.3 is 15.4 Å². The first kappa shape index (κ1) is 17.5. The second-order valence-electron chi connectivity index (χ2n) is 5.10. The zero-order valence-corrected chi connectivity index (χ0v) is 14.7. The van der Waals surface area contributed by atoms with Gasteiger partial charge in [0.2, 0.25) is 0 Å². The van der Waals surface area contributed by atoms with E-state index in [0.29, 0.717) is 16.8 Å². The van der Waals surface area contributed by atoms with Crippen LogP contribution in [0.5, 0.6) is 5.75 Å². The molecule has 1 aliphatic rings. The summed E-state index contributed by atoms with van der Waals surface area (Å²) in [7, 11) is 0. The van der Waals surface area contributed by atoms with Gasteiger partial charge in [-0.2, -0.15) is 0 Å². The number of benzene rings is 1. The normalized spacial score (nSPS) is 16.3. The molecule has 0 radical (unpaired) electrons. The first-order valence-corrected chi connectivity index (χ1v) is 8.52. The summed E-state index contributed by atoms with van der Waals surface area (Å²) in [6, 6.07) is 7.88. The van der Waals surface area contributed by atoms with E-state index >= 15 is 0 Å². The molecule has 0 aliphatic heterocycles. The van der Waals surface area contributed by atoms with Gasteiger partial charge in [0.25, 0.3) is 0 Å². The van der Waals surface area contributed by atoms with E-state index < -0.39 is 0 Å². The fourth-order valence-corrected chi connectivity index (χ4v) is 2.59. The van der Waals surface area contributed by atoms with Crippen LogP contribution in [0, 0.1) is 0 Å². The van der Waals surface area contributed by atoms with Gasteiger partial charge in [0.1, 0.15) is 5.75 Å². The van der Waals surface area contributed by atoms with Crippen molar-refractivity contribution in [2.75, 3.05) is 11.9 Å². The third-order valence-corrected chi connectivity index (χ3v) is 3.71. The summed E-state index contributed by atoms with van der Waals surface area (Å²) in [5.74, 6) is 0.834. The SMILES string of the molecule is CCOc1ccc(NC(=S)NNC(=S)N[C@H]2C=CCCC2)cc1. The topological polar surface area (TPSA) is 57.4 Å². The van der Waals surface area contributed by atoms with Crippen LogP contribution in [0.1, 0.15) is 26.2 Å². The highest BCUT2D eigenvalue weighted by atomic mass is 32.1. The zero-order chi connectivity index (χ0) is 16.5. The Morgan fingerprint density at radius 2 is 1.91 bits per heavy atom. The summed E-state index contributed by atoms with van der Waals surface area (Å²) in [6.45, 7) is 2.61.